The number of hydrogen-bond donors (Lipinski definition) is 0. The molecule has 204 valence electrons. The minimum atomic E-state index is -1.52. The van der Waals surface area contributed by atoms with Crippen LogP contribution in [0.25, 0.3) is 0 Å². The van der Waals surface area contributed by atoms with E-state index in [4.69, 9.17) is 30.1 Å². The molecule has 1 saturated heterocycles. The zero-order valence-corrected chi connectivity index (χ0v) is 23.6. The van der Waals surface area contributed by atoms with Gasteiger partial charge in [0.2, 0.25) is 12.4 Å². The normalized spacial score (nSPS) is 25.2. The highest BCUT2D eigenvalue weighted by Crippen LogP contribution is 2.34. The van der Waals surface area contributed by atoms with E-state index in [0.29, 0.717) is 0 Å². The number of terminal acetylenes is 1. The molecule has 0 bridgehead atoms. The molecule has 1 aliphatic rings. The largest absolute Gasteiger partial charge is 0.454 e. The zero-order valence-electron chi connectivity index (χ0n) is 23.6. The lowest BCUT2D eigenvalue weighted by Gasteiger charge is -2.44. The highest BCUT2D eigenvalue weighted by Gasteiger charge is 2.55. The van der Waals surface area contributed by atoms with Crippen molar-refractivity contribution in [1.29, 1.82) is 0 Å². The molecule has 1 unspecified atom stereocenters. The van der Waals surface area contributed by atoms with Crippen LogP contribution in [0.1, 0.15) is 83.1 Å². The van der Waals surface area contributed by atoms with E-state index in [-0.39, 0.29) is 0 Å². The first-order valence-corrected chi connectivity index (χ1v) is 12.0. The highest BCUT2D eigenvalue weighted by molar-refractivity contribution is 5.78. The number of rotatable bonds is 4. The van der Waals surface area contributed by atoms with Gasteiger partial charge in [0.05, 0.1) is 21.7 Å². The molecule has 0 aromatic carbocycles. The maximum atomic E-state index is 13.0. The van der Waals surface area contributed by atoms with Gasteiger partial charge >= 0.3 is 23.9 Å². The molecule has 0 aromatic heterocycles. The lowest BCUT2D eigenvalue weighted by atomic mass is 9.93. The van der Waals surface area contributed by atoms with Crippen LogP contribution in [0.4, 0.5) is 0 Å². The third-order valence-corrected chi connectivity index (χ3v) is 5.06. The standard InChI is InChI=1S/C27H42O9/c1-14-15-16(33-20(28)24(2,3)4)17(34-21(29)25(5,6)7)18(35-22(30)26(8,9)10)19(32-15)36-23(31)27(11,12)13/h1,15-19H,2-13H3/t15-,16+,17+,18-,19?/m0/s1. The van der Waals surface area contributed by atoms with Crippen LogP contribution in [0.5, 0.6) is 0 Å². The summed E-state index contributed by atoms with van der Waals surface area (Å²) in [6.45, 7) is 19.6. The SMILES string of the molecule is C#C[C@@H]1OC(OC(=O)C(C)(C)C)[C@@H](OC(=O)C(C)(C)C)[C@H](OC(=O)C(C)(C)C)[C@@H]1OC(=O)C(C)(C)C. The summed E-state index contributed by atoms with van der Waals surface area (Å²) < 4.78 is 28.6. The number of ether oxygens (including phenoxy) is 5. The second kappa shape index (κ2) is 10.8. The molecule has 36 heavy (non-hydrogen) atoms. The van der Waals surface area contributed by atoms with Crippen LogP contribution in [0.2, 0.25) is 0 Å². The van der Waals surface area contributed by atoms with Crippen LogP contribution in [0.3, 0.4) is 0 Å². The zero-order chi connectivity index (χ0) is 28.4. The Hall–Kier alpha value is -2.60. The minimum Gasteiger partial charge on any atom is -0.454 e. The molecule has 0 N–H and O–H groups in total. The number of carbonyl (C=O) groups is 4. The van der Waals surface area contributed by atoms with Crippen LogP contribution < -0.4 is 0 Å². The average molecular weight is 511 g/mol. The Morgan fingerprint density at radius 2 is 0.861 bits per heavy atom. The molecule has 0 saturated carbocycles. The summed E-state index contributed by atoms with van der Waals surface area (Å²) in [5, 5.41) is 0. The Balaban J connectivity index is 3.66. The topological polar surface area (TPSA) is 114 Å². The van der Waals surface area contributed by atoms with Gasteiger partial charge in [0.15, 0.2) is 18.3 Å². The maximum absolute atomic E-state index is 13.0. The van der Waals surface area contributed by atoms with Crippen LogP contribution >= 0.6 is 0 Å². The molecule has 0 amide bonds. The summed E-state index contributed by atoms with van der Waals surface area (Å²) in [7, 11) is 0. The molecule has 5 atom stereocenters. The molecule has 0 aliphatic carbocycles. The van der Waals surface area contributed by atoms with Crippen molar-refractivity contribution in [3.63, 3.8) is 0 Å². The van der Waals surface area contributed by atoms with Gasteiger partial charge in [-0.1, -0.05) is 5.92 Å². The monoisotopic (exact) mass is 510 g/mol. The lowest BCUT2D eigenvalue weighted by molar-refractivity contribution is -0.293. The molecule has 1 heterocycles. The summed E-state index contributed by atoms with van der Waals surface area (Å²) in [5.74, 6) is -0.267. The first kappa shape index (κ1) is 31.4. The average Bonchev–Trinajstić information content (AvgIpc) is 2.68. The van der Waals surface area contributed by atoms with Crippen molar-refractivity contribution in [2.45, 2.75) is 114 Å². The van der Waals surface area contributed by atoms with E-state index in [1.54, 1.807) is 83.1 Å². The van der Waals surface area contributed by atoms with E-state index in [1.807, 2.05) is 0 Å². The van der Waals surface area contributed by atoms with E-state index >= 15 is 0 Å². The first-order chi connectivity index (χ1) is 16.0. The summed E-state index contributed by atoms with van der Waals surface area (Å²) >= 11 is 0. The second-order valence-corrected chi connectivity index (χ2v) is 13.1. The second-order valence-electron chi connectivity index (χ2n) is 13.1. The van der Waals surface area contributed by atoms with Crippen LogP contribution in [-0.2, 0) is 42.9 Å². The summed E-state index contributed by atoms with van der Waals surface area (Å²) in [5.41, 5.74) is -3.78. The predicted molar refractivity (Wildman–Crippen MR) is 131 cm³/mol. The highest BCUT2D eigenvalue weighted by atomic mass is 16.7. The van der Waals surface area contributed by atoms with Gasteiger partial charge in [-0.15, -0.1) is 6.42 Å². The van der Waals surface area contributed by atoms with E-state index in [0.717, 1.165) is 0 Å². The first-order valence-electron chi connectivity index (χ1n) is 12.0. The fraction of sp³-hybridized carbons (Fsp3) is 0.778. The van der Waals surface area contributed by atoms with Crippen LogP contribution in [0, 0.1) is 34.0 Å². The number of esters is 4. The molecule has 9 nitrogen and oxygen atoms in total. The van der Waals surface area contributed by atoms with Gasteiger partial charge in [0.25, 0.3) is 0 Å². The van der Waals surface area contributed by atoms with Crippen molar-refractivity contribution in [2.24, 2.45) is 21.7 Å². The van der Waals surface area contributed by atoms with Gasteiger partial charge in [-0.05, 0) is 83.1 Å². The van der Waals surface area contributed by atoms with Crippen molar-refractivity contribution in [2.75, 3.05) is 0 Å². The van der Waals surface area contributed by atoms with Crippen molar-refractivity contribution in [3.8, 4) is 12.3 Å². The summed E-state index contributed by atoms with van der Waals surface area (Å²) in [6, 6.07) is 0. The minimum absolute atomic E-state index is 0.640. The van der Waals surface area contributed by atoms with E-state index in [2.05, 4.69) is 5.92 Å². The van der Waals surface area contributed by atoms with Crippen LogP contribution in [0.15, 0.2) is 0 Å². The van der Waals surface area contributed by atoms with E-state index < -0.39 is 76.2 Å². The molecule has 0 aromatic rings. The van der Waals surface area contributed by atoms with Gasteiger partial charge in [-0.25, -0.2) is 0 Å². The van der Waals surface area contributed by atoms with Gasteiger partial charge < -0.3 is 23.7 Å². The van der Waals surface area contributed by atoms with Crippen molar-refractivity contribution >= 4 is 23.9 Å². The molecular formula is C27H42O9. The Bertz CT molecular complexity index is 885. The summed E-state index contributed by atoms with van der Waals surface area (Å²) in [4.78, 5) is 51.5. The van der Waals surface area contributed by atoms with Gasteiger partial charge in [-0.2, -0.15) is 0 Å². The Labute approximate surface area is 214 Å². The third kappa shape index (κ3) is 8.22. The number of carbonyl (C=O) groups excluding carboxylic acids is 4. The Morgan fingerprint density at radius 3 is 1.19 bits per heavy atom. The van der Waals surface area contributed by atoms with Crippen molar-refractivity contribution < 1.29 is 42.9 Å². The fourth-order valence-electron chi connectivity index (χ4n) is 2.61. The molecular weight excluding hydrogens is 468 g/mol. The van der Waals surface area contributed by atoms with Crippen LogP contribution in [-0.4, -0.2) is 54.6 Å². The van der Waals surface area contributed by atoms with E-state index in [1.165, 1.54) is 0 Å². The fourth-order valence-corrected chi connectivity index (χ4v) is 2.61. The van der Waals surface area contributed by atoms with Crippen molar-refractivity contribution in [3.05, 3.63) is 0 Å². The molecule has 9 heteroatoms. The number of hydrogen-bond acceptors (Lipinski definition) is 9. The van der Waals surface area contributed by atoms with Crippen molar-refractivity contribution in [1.82, 2.24) is 0 Å². The summed E-state index contributed by atoms with van der Waals surface area (Å²) in [6.07, 6.45) is -1.31. The predicted octanol–water partition coefficient (Wildman–Crippen LogP) is 3.81. The molecule has 1 fully saturated rings. The smallest absolute Gasteiger partial charge is 0.313 e. The van der Waals surface area contributed by atoms with E-state index in [9.17, 15) is 19.2 Å². The lowest BCUT2D eigenvalue weighted by Crippen LogP contribution is -2.63. The Kier molecular flexibility index (Phi) is 9.42. The van der Waals surface area contributed by atoms with Gasteiger partial charge in [0.1, 0.15) is 0 Å². The maximum Gasteiger partial charge on any atom is 0.313 e. The molecule has 1 rings (SSSR count). The molecule has 1 aliphatic heterocycles. The quantitative estimate of drug-likeness (QED) is 0.316. The van der Waals surface area contributed by atoms with Gasteiger partial charge in [0, 0.05) is 0 Å². The molecule has 0 radical (unpaired) electrons. The third-order valence-electron chi connectivity index (χ3n) is 5.06. The molecule has 0 spiro atoms. The Morgan fingerprint density at radius 1 is 0.556 bits per heavy atom. The van der Waals surface area contributed by atoms with Gasteiger partial charge in [-0.3, -0.25) is 19.2 Å².